The van der Waals surface area contributed by atoms with E-state index < -0.39 is 23.7 Å². The lowest BCUT2D eigenvalue weighted by Gasteiger charge is -2.07. The predicted molar refractivity (Wildman–Crippen MR) is 67.8 cm³/mol. The molecule has 2 N–H and O–H groups in total. The van der Waals surface area contributed by atoms with E-state index in [0.29, 0.717) is 10.7 Å². The molecular formula is C12H9ClN2O4. The maximum Gasteiger partial charge on any atom is 0.309 e. The lowest BCUT2D eigenvalue weighted by Crippen LogP contribution is -2.22. The second kappa shape index (κ2) is 5.11. The summed E-state index contributed by atoms with van der Waals surface area (Å²) in [5, 5.41) is 22.5. The fourth-order valence-corrected chi connectivity index (χ4v) is 1.73. The summed E-state index contributed by atoms with van der Waals surface area (Å²) in [6.07, 6.45) is -0.479. The number of halogens is 1. The lowest BCUT2D eigenvalue weighted by atomic mass is 10.2. The van der Waals surface area contributed by atoms with Crippen molar-refractivity contribution in [3.05, 3.63) is 51.4 Å². The smallest absolute Gasteiger partial charge is 0.309 e. The van der Waals surface area contributed by atoms with Crippen LogP contribution in [0.3, 0.4) is 0 Å². The van der Waals surface area contributed by atoms with Gasteiger partial charge in [0.2, 0.25) is 0 Å². The molecule has 6 nitrogen and oxygen atoms in total. The third-order valence-electron chi connectivity index (χ3n) is 2.36. The summed E-state index contributed by atoms with van der Waals surface area (Å²) in [6, 6.07) is 7.30. The zero-order chi connectivity index (χ0) is 14.0. The first-order valence-corrected chi connectivity index (χ1v) is 5.65. The van der Waals surface area contributed by atoms with Gasteiger partial charge in [0.1, 0.15) is 11.4 Å². The lowest BCUT2D eigenvalue weighted by molar-refractivity contribution is -0.136. The van der Waals surface area contributed by atoms with E-state index in [1.807, 2.05) is 0 Å². The van der Waals surface area contributed by atoms with Crippen molar-refractivity contribution in [3.8, 4) is 11.4 Å². The average Bonchev–Trinajstić information content (AvgIpc) is 2.32. The molecule has 0 fully saturated rings. The predicted octanol–water partition coefficient (Wildman–Crippen LogP) is 1.22. The molecule has 0 amide bonds. The minimum Gasteiger partial charge on any atom is -0.506 e. The summed E-state index contributed by atoms with van der Waals surface area (Å²) >= 11 is 5.82. The van der Waals surface area contributed by atoms with E-state index in [1.165, 1.54) is 6.07 Å². The number of aromatic nitrogens is 2. The quantitative estimate of drug-likeness (QED) is 0.882. The maximum absolute atomic E-state index is 11.7. The van der Waals surface area contributed by atoms with E-state index in [2.05, 4.69) is 5.10 Å². The summed E-state index contributed by atoms with van der Waals surface area (Å²) in [7, 11) is 0. The van der Waals surface area contributed by atoms with Crippen LogP contribution in [0.2, 0.25) is 5.02 Å². The zero-order valence-corrected chi connectivity index (χ0v) is 10.3. The summed E-state index contributed by atoms with van der Waals surface area (Å²) in [5.74, 6) is -1.59. The highest BCUT2D eigenvalue weighted by molar-refractivity contribution is 6.30. The Morgan fingerprint density at radius 1 is 1.37 bits per heavy atom. The van der Waals surface area contributed by atoms with Gasteiger partial charge in [-0.2, -0.15) is 9.78 Å². The van der Waals surface area contributed by atoms with E-state index in [9.17, 15) is 14.7 Å². The third-order valence-corrected chi connectivity index (χ3v) is 2.59. The number of carboxylic acid groups (broad SMARTS) is 1. The number of hydrogen-bond acceptors (Lipinski definition) is 4. The number of nitrogens with zero attached hydrogens (tertiary/aromatic N) is 2. The van der Waals surface area contributed by atoms with Gasteiger partial charge in [-0.25, -0.2) is 0 Å². The van der Waals surface area contributed by atoms with Crippen LogP contribution in [-0.4, -0.2) is 26.0 Å². The Morgan fingerprint density at radius 3 is 2.74 bits per heavy atom. The fraction of sp³-hybridized carbons (Fsp3) is 0.0833. The Bertz CT molecular complexity index is 696. The van der Waals surface area contributed by atoms with Gasteiger partial charge >= 0.3 is 5.97 Å². The van der Waals surface area contributed by atoms with E-state index in [4.69, 9.17) is 16.7 Å². The molecule has 0 aliphatic heterocycles. The standard InChI is InChI=1S/C12H9ClN2O4/c13-7-2-1-3-8(4-7)15-11(17)6-10(16)9(14-15)5-12(18)19/h1-4,6,16H,5H2,(H,18,19). The highest BCUT2D eigenvalue weighted by Crippen LogP contribution is 2.15. The molecule has 0 spiro atoms. The summed E-state index contributed by atoms with van der Waals surface area (Å²) in [4.78, 5) is 22.4. The van der Waals surface area contributed by atoms with Crippen LogP contribution in [0.5, 0.6) is 5.75 Å². The number of rotatable bonds is 3. The van der Waals surface area contributed by atoms with Crippen LogP contribution < -0.4 is 5.56 Å². The molecule has 0 saturated carbocycles. The SMILES string of the molecule is O=C(O)Cc1nn(-c2cccc(Cl)c2)c(=O)cc1O. The van der Waals surface area contributed by atoms with Gasteiger partial charge in [-0.15, -0.1) is 0 Å². The number of carbonyl (C=O) groups is 1. The molecule has 98 valence electrons. The molecule has 0 bridgehead atoms. The summed E-state index contributed by atoms with van der Waals surface area (Å²) in [6.45, 7) is 0. The van der Waals surface area contributed by atoms with Crippen LogP contribution in [0.25, 0.3) is 5.69 Å². The average molecular weight is 281 g/mol. The molecule has 0 aliphatic rings. The van der Waals surface area contributed by atoms with Crippen molar-refractivity contribution in [2.45, 2.75) is 6.42 Å². The van der Waals surface area contributed by atoms with Gasteiger partial charge in [0.05, 0.1) is 12.1 Å². The fourth-order valence-electron chi connectivity index (χ4n) is 1.54. The van der Waals surface area contributed by atoms with E-state index in [0.717, 1.165) is 10.7 Å². The minimum absolute atomic E-state index is 0.0907. The molecule has 0 unspecified atom stereocenters. The largest absolute Gasteiger partial charge is 0.506 e. The van der Waals surface area contributed by atoms with Crippen LogP contribution in [0.4, 0.5) is 0 Å². The number of aromatic hydroxyl groups is 1. The Hall–Kier alpha value is -2.34. The number of carboxylic acids is 1. The number of aliphatic carboxylic acids is 1. The topological polar surface area (TPSA) is 92.4 Å². The minimum atomic E-state index is -1.15. The molecule has 19 heavy (non-hydrogen) atoms. The molecule has 2 aromatic rings. The summed E-state index contributed by atoms with van der Waals surface area (Å²) < 4.78 is 0.990. The highest BCUT2D eigenvalue weighted by atomic mass is 35.5. The van der Waals surface area contributed by atoms with Crippen LogP contribution in [0, 0.1) is 0 Å². The second-order valence-corrected chi connectivity index (χ2v) is 4.21. The van der Waals surface area contributed by atoms with Gasteiger partial charge in [-0.3, -0.25) is 9.59 Å². The first-order chi connectivity index (χ1) is 8.97. The molecule has 0 saturated heterocycles. The molecule has 0 radical (unpaired) electrons. The monoisotopic (exact) mass is 280 g/mol. The van der Waals surface area contributed by atoms with Gasteiger partial charge in [0.25, 0.3) is 5.56 Å². The van der Waals surface area contributed by atoms with Crippen molar-refractivity contribution in [3.63, 3.8) is 0 Å². The Morgan fingerprint density at radius 2 is 2.11 bits per heavy atom. The van der Waals surface area contributed by atoms with E-state index in [-0.39, 0.29) is 5.69 Å². The van der Waals surface area contributed by atoms with Crippen LogP contribution in [-0.2, 0) is 11.2 Å². The maximum atomic E-state index is 11.7. The molecule has 0 aliphatic carbocycles. The van der Waals surface area contributed by atoms with Crippen LogP contribution >= 0.6 is 11.6 Å². The van der Waals surface area contributed by atoms with E-state index in [1.54, 1.807) is 18.2 Å². The highest BCUT2D eigenvalue weighted by Gasteiger charge is 2.12. The van der Waals surface area contributed by atoms with Crippen molar-refractivity contribution in [2.75, 3.05) is 0 Å². The summed E-state index contributed by atoms with van der Waals surface area (Å²) in [5.41, 5.74) is -0.273. The molecular weight excluding hydrogens is 272 g/mol. The normalized spacial score (nSPS) is 10.4. The van der Waals surface area contributed by atoms with Gasteiger partial charge in [-0.1, -0.05) is 17.7 Å². The Kier molecular flexibility index (Phi) is 3.52. The van der Waals surface area contributed by atoms with Gasteiger partial charge in [0, 0.05) is 11.1 Å². The van der Waals surface area contributed by atoms with Crippen LogP contribution in [0.15, 0.2) is 35.1 Å². The van der Waals surface area contributed by atoms with Crippen molar-refractivity contribution in [1.29, 1.82) is 0 Å². The third kappa shape index (κ3) is 2.92. The van der Waals surface area contributed by atoms with Crippen molar-refractivity contribution < 1.29 is 15.0 Å². The van der Waals surface area contributed by atoms with Crippen molar-refractivity contribution in [1.82, 2.24) is 9.78 Å². The number of hydrogen-bond donors (Lipinski definition) is 2. The molecule has 7 heteroatoms. The zero-order valence-electron chi connectivity index (χ0n) is 9.58. The first-order valence-electron chi connectivity index (χ1n) is 5.27. The molecule has 0 atom stereocenters. The second-order valence-electron chi connectivity index (χ2n) is 3.78. The molecule has 1 aromatic heterocycles. The molecule has 2 rings (SSSR count). The van der Waals surface area contributed by atoms with Gasteiger partial charge < -0.3 is 10.2 Å². The Balaban J connectivity index is 2.57. The number of benzene rings is 1. The van der Waals surface area contributed by atoms with Gasteiger partial charge in [-0.05, 0) is 18.2 Å². The molecule has 1 heterocycles. The molecule has 1 aromatic carbocycles. The van der Waals surface area contributed by atoms with Crippen LogP contribution in [0.1, 0.15) is 5.69 Å². The van der Waals surface area contributed by atoms with Crippen molar-refractivity contribution >= 4 is 17.6 Å². The Labute approximate surface area is 112 Å². The van der Waals surface area contributed by atoms with Crippen molar-refractivity contribution in [2.24, 2.45) is 0 Å². The van der Waals surface area contributed by atoms with E-state index >= 15 is 0 Å². The van der Waals surface area contributed by atoms with Gasteiger partial charge in [0.15, 0.2) is 0 Å². The first kappa shape index (κ1) is 13.1.